The van der Waals surface area contributed by atoms with Crippen LogP contribution in [0.1, 0.15) is 200 Å². The summed E-state index contributed by atoms with van der Waals surface area (Å²) >= 11 is 0. The number of esters is 2. The number of hydrogen-bond donors (Lipinski definition) is 7. The van der Waals surface area contributed by atoms with E-state index in [2.05, 4.69) is 26.0 Å². The van der Waals surface area contributed by atoms with Crippen LogP contribution >= 0.6 is 0 Å². The summed E-state index contributed by atoms with van der Waals surface area (Å²) in [5, 5.41) is 72.0. The summed E-state index contributed by atoms with van der Waals surface area (Å²) < 4.78 is 33.6. The summed E-state index contributed by atoms with van der Waals surface area (Å²) in [5.41, 5.74) is 0. The molecule has 0 aromatic rings. The van der Waals surface area contributed by atoms with Crippen LogP contribution in [0.3, 0.4) is 0 Å². The Kier molecular flexibility index (Phi) is 34.8. The number of aliphatic hydroxyl groups excluding tert-OH is 7. The van der Waals surface area contributed by atoms with E-state index < -0.39 is 92.7 Å². The predicted octanol–water partition coefficient (Wildman–Crippen LogP) is 6.99. The molecule has 382 valence electrons. The monoisotopic (exact) mass is 933 g/mol. The first-order valence-corrected chi connectivity index (χ1v) is 25.8. The van der Waals surface area contributed by atoms with E-state index >= 15 is 0 Å². The van der Waals surface area contributed by atoms with Crippen molar-refractivity contribution < 1.29 is 73.8 Å². The SMILES string of the molecule is CCCCCCCCC/C=C\CCCCCCCC(=O)O[C@H](COC(=O)CCCCCCCCCCCCCCC)CO[C@@H]1O[C@H](CO[C@H]2O[C@H](CO)[C@H](O)[C@@H](O)[C@H]2O)[C@@H](O)[C@H](O)[C@H]1O. The van der Waals surface area contributed by atoms with Gasteiger partial charge in [0.2, 0.25) is 0 Å². The van der Waals surface area contributed by atoms with Crippen LogP contribution in [0.25, 0.3) is 0 Å². The zero-order valence-electron chi connectivity index (χ0n) is 40.2. The Hall–Kier alpha value is -1.76. The van der Waals surface area contributed by atoms with E-state index in [1.54, 1.807) is 0 Å². The number of carbonyl (C=O) groups excluding carboxylic acids is 2. The molecule has 0 radical (unpaired) electrons. The van der Waals surface area contributed by atoms with Gasteiger partial charge in [-0.2, -0.15) is 0 Å². The second-order valence-electron chi connectivity index (χ2n) is 18.4. The molecule has 15 heteroatoms. The molecule has 2 heterocycles. The molecule has 2 saturated heterocycles. The number of carbonyl (C=O) groups is 2. The van der Waals surface area contributed by atoms with Crippen molar-refractivity contribution in [3.05, 3.63) is 12.2 Å². The Morgan fingerprint density at radius 3 is 1.35 bits per heavy atom. The van der Waals surface area contributed by atoms with E-state index in [1.807, 2.05) is 0 Å². The highest BCUT2D eigenvalue weighted by atomic mass is 16.7. The number of hydrogen-bond acceptors (Lipinski definition) is 15. The third-order valence-electron chi connectivity index (χ3n) is 12.5. The number of unbranched alkanes of at least 4 members (excludes halogenated alkanes) is 24. The first-order valence-electron chi connectivity index (χ1n) is 25.8. The highest BCUT2D eigenvalue weighted by Crippen LogP contribution is 2.26. The van der Waals surface area contributed by atoms with Gasteiger partial charge in [0.1, 0.15) is 55.4 Å². The van der Waals surface area contributed by atoms with Crippen LogP contribution in [-0.2, 0) is 38.0 Å². The Bertz CT molecular complexity index is 1190. The molecular weight excluding hydrogens is 841 g/mol. The van der Waals surface area contributed by atoms with Crippen molar-refractivity contribution in [2.75, 3.05) is 26.4 Å². The zero-order valence-corrected chi connectivity index (χ0v) is 40.2. The molecule has 2 aliphatic rings. The third kappa shape index (κ3) is 26.5. The highest BCUT2D eigenvalue weighted by Gasteiger charge is 2.47. The fourth-order valence-electron chi connectivity index (χ4n) is 8.21. The van der Waals surface area contributed by atoms with Gasteiger partial charge in [-0.1, -0.05) is 161 Å². The van der Waals surface area contributed by atoms with E-state index in [-0.39, 0.29) is 26.1 Å². The van der Waals surface area contributed by atoms with Gasteiger partial charge in [-0.3, -0.25) is 9.59 Å². The second-order valence-corrected chi connectivity index (χ2v) is 18.4. The fourth-order valence-corrected chi connectivity index (χ4v) is 8.21. The molecule has 2 rings (SSSR count). The van der Waals surface area contributed by atoms with Crippen LogP contribution < -0.4 is 0 Å². The molecule has 0 saturated carbocycles. The largest absolute Gasteiger partial charge is 0.462 e. The number of allylic oxidation sites excluding steroid dienone is 2. The van der Waals surface area contributed by atoms with Gasteiger partial charge < -0.3 is 64.2 Å². The molecule has 0 spiro atoms. The molecule has 0 amide bonds. The normalized spacial score (nSPS) is 26.4. The highest BCUT2D eigenvalue weighted by molar-refractivity contribution is 5.70. The quantitative estimate of drug-likeness (QED) is 0.0187. The van der Waals surface area contributed by atoms with Crippen LogP contribution in [0.15, 0.2) is 12.2 Å². The van der Waals surface area contributed by atoms with Crippen molar-refractivity contribution in [1.29, 1.82) is 0 Å². The van der Waals surface area contributed by atoms with E-state index in [0.29, 0.717) is 12.8 Å². The fraction of sp³-hybridized carbons (Fsp3) is 0.920. The first kappa shape index (κ1) is 59.4. The second kappa shape index (κ2) is 38.1. The van der Waals surface area contributed by atoms with Crippen LogP contribution in [-0.4, -0.2) is 142 Å². The average Bonchev–Trinajstić information content (AvgIpc) is 3.30. The van der Waals surface area contributed by atoms with Crippen LogP contribution in [0.5, 0.6) is 0 Å². The zero-order chi connectivity index (χ0) is 47.5. The minimum atomic E-state index is -1.76. The molecule has 7 N–H and O–H groups in total. The Balaban J connectivity index is 1.81. The van der Waals surface area contributed by atoms with Crippen molar-refractivity contribution in [3.63, 3.8) is 0 Å². The molecule has 2 fully saturated rings. The van der Waals surface area contributed by atoms with Gasteiger partial charge in [-0.25, -0.2) is 0 Å². The minimum absolute atomic E-state index is 0.159. The average molecular weight is 933 g/mol. The van der Waals surface area contributed by atoms with Crippen LogP contribution in [0.4, 0.5) is 0 Å². The minimum Gasteiger partial charge on any atom is -0.462 e. The molecule has 2 aliphatic heterocycles. The molecule has 15 nitrogen and oxygen atoms in total. The standard InChI is InChI=1S/C50H92O15/c1-3-5-7-9-11-13-15-17-18-19-21-23-25-27-29-31-33-42(53)63-38(35-60-41(52)32-30-28-26-24-22-20-16-14-12-10-8-6-4-2)36-61-49-48(59)46(57)44(55)40(65-49)37-62-50-47(58)45(56)43(54)39(34-51)64-50/h18-19,38-40,43-51,54-59H,3-17,20-37H2,1-2H3/b19-18-/t38-,39-,40-,43+,44-,45-,46+,47-,48-,49-,50+/m1/s1. The lowest BCUT2D eigenvalue weighted by Gasteiger charge is -2.42. The van der Waals surface area contributed by atoms with E-state index in [4.69, 9.17) is 28.4 Å². The van der Waals surface area contributed by atoms with Crippen LogP contribution in [0, 0.1) is 0 Å². The lowest BCUT2D eigenvalue weighted by Crippen LogP contribution is -2.61. The van der Waals surface area contributed by atoms with Crippen molar-refractivity contribution >= 4 is 11.9 Å². The maximum Gasteiger partial charge on any atom is 0.306 e. The summed E-state index contributed by atoms with van der Waals surface area (Å²) in [4.78, 5) is 25.7. The molecule has 0 aliphatic carbocycles. The van der Waals surface area contributed by atoms with Crippen molar-refractivity contribution in [2.24, 2.45) is 0 Å². The molecule has 0 unspecified atom stereocenters. The smallest absolute Gasteiger partial charge is 0.306 e. The van der Waals surface area contributed by atoms with Gasteiger partial charge in [-0.05, 0) is 38.5 Å². The Labute approximate surface area is 390 Å². The molecule has 0 bridgehead atoms. The van der Waals surface area contributed by atoms with Gasteiger partial charge in [0.15, 0.2) is 18.7 Å². The molecule has 65 heavy (non-hydrogen) atoms. The van der Waals surface area contributed by atoms with E-state index in [0.717, 1.165) is 57.8 Å². The lowest BCUT2D eigenvalue weighted by molar-refractivity contribution is -0.332. The van der Waals surface area contributed by atoms with Gasteiger partial charge in [0.25, 0.3) is 0 Å². The van der Waals surface area contributed by atoms with Crippen molar-refractivity contribution in [2.45, 2.75) is 268 Å². The first-order chi connectivity index (χ1) is 31.5. The van der Waals surface area contributed by atoms with Gasteiger partial charge in [0, 0.05) is 12.8 Å². The topological polar surface area (TPSA) is 231 Å². The van der Waals surface area contributed by atoms with Crippen molar-refractivity contribution in [3.8, 4) is 0 Å². The van der Waals surface area contributed by atoms with Crippen LogP contribution in [0.2, 0.25) is 0 Å². The Morgan fingerprint density at radius 2 is 0.877 bits per heavy atom. The third-order valence-corrected chi connectivity index (χ3v) is 12.5. The molecule has 0 aromatic carbocycles. The molecular formula is C50H92O15. The molecule has 0 aromatic heterocycles. The predicted molar refractivity (Wildman–Crippen MR) is 248 cm³/mol. The summed E-state index contributed by atoms with van der Waals surface area (Å²) in [6.45, 7) is 2.59. The van der Waals surface area contributed by atoms with Crippen molar-refractivity contribution in [1.82, 2.24) is 0 Å². The lowest BCUT2D eigenvalue weighted by atomic mass is 9.98. The number of ether oxygens (including phenoxy) is 6. The van der Waals surface area contributed by atoms with Gasteiger partial charge in [0.05, 0.1) is 19.8 Å². The molecule has 11 atom stereocenters. The number of rotatable bonds is 40. The summed E-state index contributed by atoms with van der Waals surface area (Å²) in [7, 11) is 0. The van der Waals surface area contributed by atoms with E-state index in [1.165, 1.54) is 103 Å². The maximum atomic E-state index is 13.0. The summed E-state index contributed by atoms with van der Waals surface area (Å²) in [6, 6.07) is 0. The summed E-state index contributed by atoms with van der Waals surface area (Å²) in [5.74, 6) is -0.925. The van der Waals surface area contributed by atoms with E-state index in [9.17, 15) is 45.3 Å². The Morgan fingerprint density at radius 1 is 0.477 bits per heavy atom. The summed E-state index contributed by atoms with van der Waals surface area (Å²) in [6.07, 6.45) is 19.5. The maximum absolute atomic E-state index is 13.0. The van der Waals surface area contributed by atoms with Gasteiger partial charge >= 0.3 is 11.9 Å². The van der Waals surface area contributed by atoms with Gasteiger partial charge in [-0.15, -0.1) is 0 Å². The number of aliphatic hydroxyl groups is 7.